The molecule has 3 atom stereocenters. The number of alkyl halides is 3. The highest BCUT2D eigenvalue weighted by atomic mass is 19.4. The van der Waals surface area contributed by atoms with Crippen LogP contribution in [0.25, 0.3) is 0 Å². The fourth-order valence-corrected chi connectivity index (χ4v) is 4.77. The van der Waals surface area contributed by atoms with Crippen LogP contribution in [0.1, 0.15) is 65.0 Å². The van der Waals surface area contributed by atoms with Crippen molar-refractivity contribution in [3.05, 3.63) is 23.9 Å². The summed E-state index contributed by atoms with van der Waals surface area (Å²) in [6.07, 6.45) is -0.743. The zero-order valence-electron chi connectivity index (χ0n) is 22.0. The van der Waals surface area contributed by atoms with Crippen molar-refractivity contribution in [2.75, 3.05) is 18.5 Å². The molecule has 4 N–H and O–H groups in total. The summed E-state index contributed by atoms with van der Waals surface area (Å²) in [5, 5.41) is 17.2. The van der Waals surface area contributed by atoms with Gasteiger partial charge in [-0.1, -0.05) is 19.8 Å². The van der Waals surface area contributed by atoms with Crippen molar-refractivity contribution < 1.29 is 37.4 Å². The third-order valence-corrected chi connectivity index (χ3v) is 6.79. The van der Waals surface area contributed by atoms with Gasteiger partial charge in [-0.15, -0.1) is 0 Å². The van der Waals surface area contributed by atoms with Crippen LogP contribution in [0.5, 0.6) is 0 Å². The maximum atomic E-state index is 13.3. The molecule has 2 aliphatic rings. The molecule has 38 heavy (non-hydrogen) atoms. The highest BCUT2D eigenvalue weighted by Crippen LogP contribution is 2.32. The monoisotopic (exact) mass is 543 g/mol. The quantitative estimate of drug-likeness (QED) is 0.414. The number of hydrogen-bond donors (Lipinski definition) is 4. The Kier molecular flexibility index (Phi) is 9.11. The minimum absolute atomic E-state index is 0.0677. The maximum Gasteiger partial charge on any atom is 0.410 e. The molecule has 1 saturated carbocycles. The van der Waals surface area contributed by atoms with Gasteiger partial charge in [0.15, 0.2) is 0 Å². The number of aliphatic hydroxyl groups excluding tert-OH is 1. The highest BCUT2D eigenvalue weighted by Gasteiger charge is 2.48. The summed E-state index contributed by atoms with van der Waals surface area (Å²) in [6, 6.07) is -2.15. The Balaban J connectivity index is 1.77. The second kappa shape index (κ2) is 11.7. The third-order valence-electron chi connectivity index (χ3n) is 6.79. The molecule has 2 fully saturated rings. The number of nitrogens with one attached hydrogen (secondary N) is 3. The van der Waals surface area contributed by atoms with Gasteiger partial charge in [0.1, 0.15) is 23.5 Å². The average Bonchev–Trinajstić information content (AvgIpc) is 3.20. The van der Waals surface area contributed by atoms with Crippen LogP contribution in [0.2, 0.25) is 0 Å². The van der Waals surface area contributed by atoms with E-state index < -0.39 is 61.1 Å². The Morgan fingerprint density at radius 2 is 1.89 bits per heavy atom. The highest BCUT2D eigenvalue weighted by molar-refractivity contribution is 5.96. The second-order valence-corrected chi connectivity index (χ2v) is 11.0. The van der Waals surface area contributed by atoms with E-state index in [1.807, 2.05) is 5.32 Å². The number of anilines is 1. The number of carbonyl (C=O) groups excluding carboxylic acids is 3. The van der Waals surface area contributed by atoms with Crippen molar-refractivity contribution >= 4 is 23.8 Å². The van der Waals surface area contributed by atoms with Gasteiger partial charge in [-0.3, -0.25) is 4.79 Å². The lowest BCUT2D eigenvalue weighted by Crippen LogP contribution is -2.50. The van der Waals surface area contributed by atoms with Crippen molar-refractivity contribution in [2.24, 2.45) is 11.8 Å². The van der Waals surface area contributed by atoms with Crippen LogP contribution in [0.15, 0.2) is 18.3 Å². The Bertz CT molecular complexity index is 1010. The minimum Gasteiger partial charge on any atom is -0.444 e. The maximum absolute atomic E-state index is 13.3. The molecule has 2 unspecified atom stereocenters. The van der Waals surface area contributed by atoms with E-state index in [9.17, 15) is 32.7 Å². The zero-order chi connectivity index (χ0) is 28.3. The number of rotatable bonds is 7. The molecule has 3 rings (SSSR count). The predicted octanol–water partition coefficient (Wildman–Crippen LogP) is 3.73. The van der Waals surface area contributed by atoms with Gasteiger partial charge in [0, 0.05) is 6.20 Å². The standard InChI is InChI=1S/C25H36F3N5O5/c1-14-5-7-15(8-6-14)20(32-23(37)38-24(2,3)4)21(35)31-19-11-16(9-10-29-19)17(13-34)33-12-18(25(26,27)28)30-22(33)36/h9-11,14-15,17-18,20,34H,5-8,12-13H2,1-4H3,(H,30,36)(H,32,37)(H,29,31,35)/t14?,15?,17?,18-,20?/m0/s1. The van der Waals surface area contributed by atoms with Gasteiger partial charge in [0.05, 0.1) is 19.2 Å². The number of hydrogen-bond acceptors (Lipinski definition) is 6. The molecule has 4 amide bonds. The van der Waals surface area contributed by atoms with Crippen LogP contribution < -0.4 is 16.0 Å². The number of amides is 4. The Morgan fingerprint density at radius 1 is 1.24 bits per heavy atom. The Labute approximate surface area is 219 Å². The smallest absolute Gasteiger partial charge is 0.410 e. The fraction of sp³-hybridized carbons (Fsp3) is 0.680. The van der Waals surface area contributed by atoms with E-state index in [4.69, 9.17) is 4.74 Å². The van der Waals surface area contributed by atoms with E-state index in [1.54, 1.807) is 20.8 Å². The van der Waals surface area contributed by atoms with Gasteiger partial charge in [-0.25, -0.2) is 14.6 Å². The molecule has 1 saturated heterocycles. The predicted molar refractivity (Wildman–Crippen MR) is 132 cm³/mol. The van der Waals surface area contributed by atoms with E-state index in [1.165, 1.54) is 18.3 Å². The van der Waals surface area contributed by atoms with Gasteiger partial charge in [-0.05, 0) is 63.1 Å². The zero-order valence-corrected chi connectivity index (χ0v) is 22.0. The van der Waals surface area contributed by atoms with Crippen molar-refractivity contribution in [2.45, 2.75) is 83.3 Å². The topological polar surface area (TPSA) is 133 Å². The van der Waals surface area contributed by atoms with Crippen LogP contribution in [-0.4, -0.2) is 70.0 Å². The molecule has 0 bridgehead atoms. The first kappa shape index (κ1) is 29.5. The molecule has 10 nitrogen and oxygen atoms in total. The number of pyridine rings is 1. The molecule has 1 aliphatic heterocycles. The molecule has 13 heteroatoms. The first-order valence-electron chi connectivity index (χ1n) is 12.7. The minimum atomic E-state index is -4.63. The van der Waals surface area contributed by atoms with Gasteiger partial charge in [-0.2, -0.15) is 13.2 Å². The molecule has 2 heterocycles. The molecule has 212 valence electrons. The van der Waals surface area contributed by atoms with E-state index in [0.29, 0.717) is 11.5 Å². The van der Waals surface area contributed by atoms with Crippen molar-refractivity contribution in [3.63, 3.8) is 0 Å². The fourth-order valence-electron chi connectivity index (χ4n) is 4.77. The van der Waals surface area contributed by atoms with Crippen LogP contribution in [-0.2, 0) is 9.53 Å². The number of nitrogens with zero attached hydrogens (tertiary/aromatic N) is 2. The first-order chi connectivity index (χ1) is 17.7. The second-order valence-electron chi connectivity index (χ2n) is 11.0. The first-order valence-corrected chi connectivity index (χ1v) is 12.7. The number of alkyl carbamates (subject to hydrolysis) is 1. The molecule has 1 aliphatic carbocycles. The number of urea groups is 1. The normalized spacial score (nSPS) is 23.8. The molecule has 1 aromatic heterocycles. The van der Waals surface area contributed by atoms with Crippen molar-refractivity contribution in [1.82, 2.24) is 20.5 Å². The molecule has 0 spiro atoms. The Morgan fingerprint density at radius 3 is 2.45 bits per heavy atom. The van der Waals surface area contributed by atoms with E-state index in [2.05, 4.69) is 22.5 Å². The van der Waals surface area contributed by atoms with Gasteiger partial charge in [0.25, 0.3) is 0 Å². The number of ether oxygens (including phenoxy) is 1. The lowest BCUT2D eigenvalue weighted by molar-refractivity contribution is -0.150. The Hall–Kier alpha value is -3.09. The van der Waals surface area contributed by atoms with E-state index in [0.717, 1.165) is 30.6 Å². The number of aromatic nitrogens is 1. The van der Waals surface area contributed by atoms with E-state index >= 15 is 0 Å². The summed E-state index contributed by atoms with van der Waals surface area (Å²) < 4.78 is 44.7. The van der Waals surface area contributed by atoms with Gasteiger partial charge in [0.2, 0.25) is 5.91 Å². The lowest BCUT2D eigenvalue weighted by Gasteiger charge is -2.33. The van der Waals surface area contributed by atoms with Crippen LogP contribution in [0.4, 0.5) is 28.6 Å². The molecular formula is C25H36F3N5O5. The average molecular weight is 544 g/mol. The summed E-state index contributed by atoms with van der Waals surface area (Å²) in [5.74, 6) is -0.0561. The molecule has 0 radical (unpaired) electrons. The molecule has 0 aromatic carbocycles. The third kappa shape index (κ3) is 7.71. The van der Waals surface area contributed by atoms with Gasteiger partial charge >= 0.3 is 18.3 Å². The number of halogens is 3. The van der Waals surface area contributed by atoms with Gasteiger partial charge < -0.3 is 30.7 Å². The largest absolute Gasteiger partial charge is 0.444 e. The van der Waals surface area contributed by atoms with Crippen molar-refractivity contribution in [3.8, 4) is 0 Å². The number of aliphatic hydroxyl groups is 1. The summed E-state index contributed by atoms with van der Waals surface area (Å²) in [7, 11) is 0. The molecular weight excluding hydrogens is 507 g/mol. The summed E-state index contributed by atoms with van der Waals surface area (Å²) in [4.78, 5) is 43.1. The van der Waals surface area contributed by atoms with E-state index in [-0.39, 0.29) is 11.7 Å². The summed E-state index contributed by atoms with van der Waals surface area (Å²) in [5.41, 5.74) is -0.465. The van der Waals surface area contributed by atoms with Crippen LogP contribution in [0.3, 0.4) is 0 Å². The molecule has 1 aromatic rings. The summed E-state index contributed by atoms with van der Waals surface area (Å²) >= 11 is 0. The number of carbonyl (C=O) groups is 3. The van der Waals surface area contributed by atoms with Crippen molar-refractivity contribution in [1.29, 1.82) is 0 Å². The summed E-state index contributed by atoms with van der Waals surface area (Å²) in [6.45, 7) is 5.98. The lowest BCUT2D eigenvalue weighted by atomic mass is 9.79. The SMILES string of the molecule is CC1CCC(C(NC(=O)OC(C)(C)C)C(=O)Nc2cc(C(CO)N3C[C@@H](C(F)(F)F)NC3=O)ccn2)CC1. The van der Waals surface area contributed by atoms with Crippen LogP contribution >= 0.6 is 0 Å². The van der Waals surface area contributed by atoms with Crippen LogP contribution in [0, 0.1) is 11.8 Å².